The molecule has 1 aliphatic carbocycles. The molecule has 1 aliphatic rings. The minimum absolute atomic E-state index is 0.115. The van der Waals surface area contributed by atoms with Gasteiger partial charge in [-0.2, -0.15) is 0 Å². The van der Waals surface area contributed by atoms with E-state index in [1.807, 2.05) is 86.6 Å². The first-order valence-corrected chi connectivity index (χ1v) is 37.9. The molecule has 0 bridgehead atoms. The first-order chi connectivity index (χ1) is 48.8. The van der Waals surface area contributed by atoms with Gasteiger partial charge < -0.3 is 37.9 Å². The number of carbonyl (C=O) groups is 6. The van der Waals surface area contributed by atoms with E-state index >= 15 is 0 Å². The summed E-state index contributed by atoms with van der Waals surface area (Å²) in [5, 5.41) is 0. The molecular formula is C86H112O14. The van der Waals surface area contributed by atoms with Crippen LogP contribution in [0.4, 0.5) is 0 Å². The molecule has 540 valence electrons. The maximum atomic E-state index is 12.9. The van der Waals surface area contributed by atoms with E-state index in [2.05, 4.69) is 13.8 Å². The van der Waals surface area contributed by atoms with E-state index in [9.17, 15) is 28.8 Å². The summed E-state index contributed by atoms with van der Waals surface area (Å²) >= 11 is 0. The maximum Gasteiger partial charge on any atom is 0.343 e. The Morgan fingerprint density at radius 3 is 0.860 bits per heavy atom. The average Bonchev–Trinajstić information content (AvgIpc) is 0.885. The summed E-state index contributed by atoms with van der Waals surface area (Å²) in [5.74, 6) is 0.192. The van der Waals surface area contributed by atoms with Gasteiger partial charge in [0.1, 0.15) is 23.0 Å². The van der Waals surface area contributed by atoms with E-state index in [0.29, 0.717) is 85.9 Å². The number of unbranched alkanes of at least 4 members (excludes halogenated alkanes) is 22. The second kappa shape index (κ2) is 46.2. The molecule has 14 heteroatoms. The van der Waals surface area contributed by atoms with Crippen LogP contribution in [0.5, 0.6) is 23.0 Å². The minimum atomic E-state index is -0.476. The fourth-order valence-electron chi connectivity index (χ4n) is 12.5. The van der Waals surface area contributed by atoms with Gasteiger partial charge in [0.2, 0.25) is 0 Å². The fourth-order valence-corrected chi connectivity index (χ4v) is 12.5. The monoisotopic (exact) mass is 1370 g/mol. The van der Waals surface area contributed by atoms with Crippen LogP contribution in [0.2, 0.25) is 0 Å². The summed E-state index contributed by atoms with van der Waals surface area (Å²) < 4.78 is 45.7. The van der Waals surface area contributed by atoms with Gasteiger partial charge in [-0.3, -0.25) is 9.59 Å². The molecule has 0 unspecified atom stereocenters. The highest BCUT2D eigenvalue weighted by molar-refractivity contribution is 5.94. The molecule has 0 spiro atoms. The Balaban J connectivity index is 0.605. The zero-order chi connectivity index (χ0) is 70.8. The highest BCUT2D eigenvalue weighted by Gasteiger charge is 2.32. The lowest BCUT2D eigenvalue weighted by Gasteiger charge is -2.26. The zero-order valence-corrected chi connectivity index (χ0v) is 60.3. The molecule has 2 atom stereocenters. The summed E-state index contributed by atoms with van der Waals surface area (Å²) in [6, 6.07) is 43.5. The van der Waals surface area contributed by atoms with Crippen molar-refractivity contribution in [3.63, 3.8) is 0 Å². The van der Waals surface area contributed by atoms with Crippen molar-refractivity contribution in [2.75, 3.05) is 26.4 Å². The quantitative estimate of drug-likeness (QED) is 0.0153. The molecule has 0 aliphatic heterocycles. The van der Waals surface area contributed by atoms with E-state index in [1.54, 1.807) is 72.8 Å². The average molecular weight is 1370 g/mol. The van der Waals surface area contributed by atoms with Gasteiger partial charge in [0.25, 0.3) is 0 Å². The molecule has 0 aromatic heterocycles. The first-order valence-electron chi connectivity index (χ1n) is 37.9. The number of hydrogen-bond acceptors (Lipinski definition) is 14. The van der Waals surface area contributed by atoms with Crippen LogP contribution in [0.3, 0.4) is 0 Å². The summed E-state index contributed by atoms with van der Waals surface area (Å²) in [7, 11) is 0. The van der Waals surface area contributed by atoms with Crippen LogP contribution in [0.15, 0.2) is 146 Å². The molecule has 7 rings (SSSR count). The topological polar surface area (TPSA) is 176 Å². The number of hydrogen-bond donors (Lipinski definition) is 0. The van der Waals surface area contributed by atoms with E-state index in [1.165, 1.54) is 77.0 Å². The van der Waals surface area contributed by atoms with Crippen LogP contribution < -0.4 is 18.9 Å². The molecule has 0 saturated heterocycles. The Labute approximate surface area is 596 Å². The van der Waals surface area contributed by atoms with E-state index in [0.717, 1.165) is 136 Å². The standard InChI is InChI=1S/C86H112O14/c1-5-7-9-25-31-65(3)97-83(89)75-49-57-79(58-50-75)99-85(91)73-37-33-67(34-38-73)69-45-53-77(54-46-69)93-61-27-21-17-13-11-15-19-23-29-63-95-81(87)71-41-43-72(44-42-71)82(88)96-64-30-24-20-16-12-14-18-22-28-62-94-78-55-47-70(48-56-78)68-35-39-74(40-36-68)86(92)100-80-59-51-76(52-60-80)84(90)98-66(4)32-26-10-8-6-2/h33-40,45-60,65-66,71-72H,5-32,41-44,61-64H2,1-4H3/t65-,66-,71?,72?/m0/s1. The lowest BCUT2D eigenvalue weighted by Crippen LogP contribution is -2.28. The highest BCUT2D eigenvalue weighted by atomic mass is 16.6. The van der Waals surface area contributed by atoms with E-state index in [-0.39, 0.29) is 47.9 Å². The molecule has 100 heavy (non-hydrogen) atoms. The maximum absolute atomic E-state index is 12.9. The van der Waals surface area contributed by atoms with E-state index in [4.69, 9.17) is 37.9 Å². The Hall–Kier alpha value is -8.26. The molecule has 0 N–H and O–H groups in total. The SMILES string of the molecule is CCCCCC[C@H](C)OC(=O)c1ccc(OC(=O)c2ccc(-c3ccc(OCCCCCCCCCCCOC(=O)C4CCC(C(=O)OCCCCCCCCCCCOc5ccc(-c6ccc(C(=O)Oc7ccc(C(=O)O[C@@H](C)CCCCCC)cc7)cc6)cc5)CC4)cc3)cc2)cc1. The zero-order valence-electron chi connectivity index (χ0n) is 60.3. The van der Waals surface area contributed by atoms with Crippen molar-refractivity contribution < 1.29 is 66.7 Å². The number of ether oxygens (including phenoxy) is 8. The van der Waals surface area contributed by atoms with Gasteiger partial charge >= 0.3 is 35.8 Å². The Kier molecular flexibility index (Phi) is 36.5. The molecule has 0 amide bonds. The largest absolute Gasteiger partial charge is 0.494 e. The smallest absolute Gasteiger partial charge is 0.343 e. The van der Waals surface area contributed by atoms with Gasteiger partial charge in [-0.1, -0.05) is 191 Å². The molecule has 0 radical (unpaired) electrons. The normalized spacial score (nSPS) is 14.1. The van der Waals surface area contributed by atoms with Crippen LogP contribution in [0.1, 0.15) is 275 Å². The molecule has 6 aromatic rings. The molecule has 1 saturated carbocycles. The van der Waals surface area contributed by atoms with Crippen molar-refractivity contribution in [1.29, 1.82) is 0 Å². The lowest BCUT2D eigenvalue weighted by molar-refractivity contribution is -0.155. The van der Waals surface area contributed by atoms with E-state index < -0.39 is 11.9 Å². The Bertz CT molecular complexity index is 3070. The van der Waals surface area contributed by atoms with Gasteiger partial charge in [-0.15, -0.1) is 0 Å². The fraction of sp³-hybridized carbons (Fsp3) is 0.512. The summed E-state index contributed by atoms with van der Waals surface area (Å²) in [5.41, 5.74) is 5.69. The number of carbonyl (C=O) groups excluding carboxylic acids is 6. The molecule has 14 nitrogen and oxygen atoms in total. The van der Waals surface area contributed by atoms with Crippen LogP contribution >= 0.6 is 0 Å². The number of benzene rings is 6. The van der Waals surface area contributed by atoms with Gasteiger partial charge in [0.05, 0.1) is 72.7 Å². The highest BCUT2D eigenvalue weighted by Crippen LogP contribution is 2.32. The van der Waals surface area contributed by atoms with Crippen molar-refractivity contribution in [2.24, 2.45) is 11.8 Å². The predicted octanol–water partition coefficient (Wildman–Crippen LogP) is 21.9. The van der Waals surface area contributed by atoms with Gasteiger partial charge in [0, 0.05) is 0 Å². The van der Waals surface area contributed by atoms with Gasteiger partial charge in [-0.25, -0.2) is 19.2 Å². The minimum Gasteiger partial charge on any atom is -0.494 e. The summed E-state index contributed by atoms with van der Waals surface area (Å²) in [6.45, 7) is 10.5. The van der Waals surface area contributed by atoms with Crippen molar-refractivity contribution in [3.8, 4) is 45.3 Å². The van der Waals surface area contributed by atoms with Gasteiger partial charge in [0.15, 0.2) is 0 Å². The number of esters is 6. The Morgan fingerprint density at radius 1 is 0.300 bits per heavy atom. The van der Waals surface area contributed by atoms with Gasteiger partial charge in [-0.05, 0) is 210 Å². The third kappa shape index (κ3) is 29.9. The predicted molar refractivity (Wildman–Crippen MR) is 395 cm³/mol. The van der Waals surface area contributed by atoms with Crippen molar-refractivity contribution >= 4 is 35.8 Å². The molecular weight excluding hydrogens is 1260 g/mol. The van der Waals surface area contributed by atoms with Crippen LogP contribution in [-0.4, -0.2) is 74.5 Å². The second-order valence-electron chi connectivity index (χ2n) is 27.1. The first kappa shape index (κ1) is 79.1. The van der Waals surface area contributed by atoms with Crippen LogP contribution in [0.25, 0.3) is 22.3 Å². The summed E-state index contributed by atoms with van der Waals surface area (Å²) in [6.07, 6.45) is 33.1. The second-order valence-corrected chi connectivity index (χ2v) is 27.1. The molecule has 1 fully saturated rings. The number of rotatable bonds is 48. The Morgan fingerprint density at radius 2 is 0.550 bits per heavy atom. The third-order valence-corrected chi connectivity index (χ3v) is 18.8. The van der Waals surface area contributed by atoms with Crippen LogP contribution in [-0.2, 0) is 28.5 Å². The van der Waals surface area contributed by atoms with Crippen molar-refractivity contribution in [2.45, 2.75) is 245 Å². The lowest BCUT2D eigenvalue weighted by atomic mass is 9.82. The molecule has 6 aromatic carbocycles. The third-order valence-electron chi connectivity index (χ3n) is 18.8. The van der Waals surface area contributed by atoms with Crippen LogP contribution in [0, 0.1) is 11.8 Å². The summed E-state index contributed by atoms with van der Waals surface area (Å²) in [4.78, 5) is 76.6. The molecule has 0 heterocycles. The van der Waals surface area contributed by atoms with Crippen molar-refractivity contribution in [1.82, 2.24) is 0 Å². The van der Waals surface area contributed by atoms with Crippen molar-refractivity contribution in [3.05, 3.63) is 168 Å².